The van der Waals surface area contributed by atoms with Gasteiger partial charge in [0.15, 0.2) is 0 Å². The summed E-state index contributed by atoms with van der Waals surface area (Å²) in [6.07, 6.45) is 1.49. The van der Waals surface area contributed by atoms with Gasteiger partial charge in [0.25, 0.3) is 5.91 Å². The van der Waals surface area contributed by atoms with E-state index in [0.717, 1.165) is 22.5 Å². The molecule has 1 aromatic carbocycles. The minimum Gasteiger partial charge on any atom is -0.343 e. The Bertz CT molecular complexity index is 673. The standard InChI is InChI=1S/C17H19N3O2/c1-11-5-4-6-12(2)16(11)20-15(21)10-19-17(22)14-8-7-13(3)18-9-14/h4-9H,10H2,1-3H3,(H,19,22)(H,20,21). The summed E-state index contributed by atoms with van der Waals surface area (Å²) in [5.74, 6) is -0.574. The first-order valence-electron chi connectivity index (χ1n) is 7.04. The SMILES string of the molecule is Cc1ccc(C(=O)NCC(=O)Nc2c(C)cccc2C)cn1. The van der Waals surface area contributed by atoms with E-state index >= 15 is 0 Å². The van der Waals surface area contributed by atoms with E-state index in [-0.39, 0.29) is 18.4 Å². The average molecular weight is 297 g/mol. The molecule has 22 heavy (non-hydrogen) atoms. The van der Waals surface area contributed by atoms with Gasteiger partial charge in [-0.05, 0) is 44.0 Å². The van der Waals surface area contributed by atoms with Crippen LogP contribution in [0, 0.1) is 20.8 Å². The van der Waals surface area contributed by atoms with Crippen LogP contribution in [0.5, 0.6) is 0 Å². The van der Waals surface area contributed by atoms with E-state index in [9.17, 15) is 9.59 Å². The Labute approximate surface area is 129 Å². The number of benzene rings is 1. The van der Waals surface area contributed by atoms with E-state index < -0.39 is 0 Å². The van der Waals surface area contributed by atoms with Gasteiger partial charge in [0.05, 0.1) is 12.1 Å². The van der Waals surface area contributed by atoms with Gasteiger partial charge in [0.2, 0.25) is 5.91 Å². The van der Waals surface area contributed by atoms with Crippen molar-refractivity contribution < 1.29 is 9.59 Å². The summed E-state index contributed by atoms with van der Waals surface area (Å²) >= 11 is 0. The molecular formula is C17H19N3O2. The Kier molecular flexibility index (Phi) is 4.88. The molecule has 0 unspecified atom stereocenters. The zero-order valence-corrected chi connectivity index (χ0v) is 12.9. The predicted octanol–water partition coefficient (Wildman–Crippen LogP) is 2.38. The number of nitrogens with one attached hydrogen (secondary N) is 2. The van der Waals surface area contributed by atoms with E-state index in [4.69, 9.17) is 0 Å². The highest BCUT2D eigenvalue weighted by molar-refractivity contribution is 5.99. The minimum absolute atomic E-state index is 0.0829. The lowest BCUT2D eigenvalue weighted by molar-refractivity contribution is -0.115. The van der Waals surface area contributed by atoms with Crippen molar-refractivity contribution in [3.8, 4) is 0 Å². The minimum atomic E-state index is -0.316. The maximum atomic E-state index is 12.0. The number of hydrogen-bond donors (Lipinski definition) is 2. The Morgan fingerprint density at radius 1 is 1.05 bits per heavy atom. The Hall–Kier alpha value is -2.69. The van der Waals surface area contributed by atoms with Crippen LogP contribution in [0.4, 0.5) is 5.69 Å². The molecule has 0 saturated heterocycles. The lowest BCUT2D eigenvalue weighted by Crippen LogP contribution is -2.33. The van der Waals surface area contributed by atoms with Crippen LogP contribution >= 0.6 is 0 Å². The molecule has 0 spiro atoms. The molecule has 2 aromatic rings. The van der Waals surface area contributed by atoms with Crippen molar-refractivity contribution in [2.45, 2.75) is 20.8 Å². The van der Waals surface area contributed by atoms with Crippen molar-refractivity contribution in [3.05, 3.63) is 58.9 Å². The van der Waals surface area contributed by atoms with Gasteiger partial charge >= 0.3 is 0 Å². The number of hydrogen-bond acceptors (Lipinski definition) is 3. The summed E-state index contributed by atoms with van der Waals surface area (Å²) in [6.45, 7) is 5.62. The molecule has 0 radical (unpaired) electrons. The fraction of sp³-hybridized carbons (Fsp3) is 0.235. The summed E-state index contributed by atoms with van der Waals surface area (Å²) in [6, 6.07) is 9.23. The molecule has 114 valence electrons. The number of para-hydroxylation sites is 1. The molecule has 0 bridgehead atoms. The van der Waals surface area contributed by atoms with Gasteiger partial charge in [0.1, 0.15) is 0 Å². The average Bonchev–Trinajstić information content (AvgIpc) is 2.49. The van der Waals surface area contributed by atoms with E-state index in [1.54, 1.807) is 12.1 Å². The van der Waals surface area contributed by atoms with Gasteiger partial charge in [0, 0.05) is 17.6 Å². The van der Waals surface area contributed by atoms with Crippen LogP contribution in [0.1, 0.15) is 27.2 Å². The number of amides is 2. The number of aromatic nitrogens is 1. The first-order chi connectivity index (χ1) is 10.5. The maximum absolute atomic E-state index is 12.0. The van der Waals surface area contributed by atoms with Crippen molar-refractivity contribution in [3.63, 3.8) is 0 Å². The Morgan fingerprint density at radius 2 is 1.73 bits per heavy atom. The molecule has 5 nitrogen and oxygen atoms in total. The lowest BCUT2D eigenvalue weighted by Gasteiger charge is -2.12. The molecule has 2 rings (SSSR count). The molecule has 0 aliphatic rings. The van der Waals surface area contributed by atoms with Gasteiger partial charge in [-0.25, -0.2) is 0 Å². The molecule has 1 aromatic heterocycles. The second-order valence-corrected chi connectivity index (χ2v) is 5.19. The molecule has 1 heterocycles. The molecule has 5 heteroatoms. The number of carbonyl (C=O) groups excluding carboxylic acids is 2. The van der Waals surface area contributed by atoms with Gasteiger partial charge in [-0.3, -0.25) is 14.6 Å². The number of nitrogens with zero attached hydrogens (tertiary/aromatic N) is 1. The fourth-order valence-electron chi connectivity index (χ4n) is 2.06. The van der Waals surface area contributed by atoms with E-state index in [1.165, 1.54) is 6.20 Å². The number of pyridine rings is 1. The van der Waals surface area contributed by atoms with E-state index in [0.29, 0.717) is 5.56 Å². The number of anilines is 1. The van der Waals surface area contributed by atoms with Crippen LogP contribution in [0.2, 0.25) is 0 Å². The zero-order valence-electron chi connectivity index (χ0n) is 12.9. The molecule has 0 atom stereocenters. The van der Waals surface area contributed by atoms with Crippen molar-refractivity contribution in [1.82, 2.24) is 10.3 Å². The highest BCUT2D eigenvalue weighted by Gasteiger charge is 2.10. The third kappa shape index (κ3) is 3.91. The summed E-state index contributed by atoms with van der Waals surface area (Å²) in [5, 5.41) is 5.41. The van der Waals surface area contributed by atoms with Crippen LogP contribution in [-0.2, 0) is 4.79 Å². The van der Waals surface area contributed by atoms with Crippen LogP contribution in [0.15, 0.2) is 36.5 Å². The summed E-state index contributed by atoms with van der Waals surface area (Å²) in [5.41, 5.74) is 4.04. The van der Waals surface area contributed by atoms with Crippen LogP contribution in [0.25, 0.3) is 0 Å². The predicted molar refractivity (Wildman–Crippen MR) is 85.9 cm³/mol. The van der Waals surface area contributed by atoms with Gasteiger partial charge in [-0.1, -0.05) is 18.2 Å². The van der Waals surface area contributed by atoms with Crippen molar-refractivity contribution in [2.24, 2.45) is 0 Å². The fourth-order valence-corrected chi connectivity index (χ4v) is 2.06. The lowest BCUT2D eigenvalue weighted by atomic mass is 10.1. The van der Waals surface area contributed by atoms with Gasteiger partial charge in [-0.15, -0.1) is 0 Å². The smallest absolute Gasteiger partial charge is 0.253 e. The third-order valence-electron chi connectivity index (χ3n) is 3.33. The van der Waals surface area contributed by atoms with Crippen molar-refractivity contribution in [1.29, 1.82) is 0 Å². The zero-order chi connectivity index (χ0) is 16.1. The van der Waals surface area contributed by atoms with Crippen molar-refractivity contribution in [2.75, 3.05) is 11.9 Å². The number of carbonyl (C=O) groups is 2. The normalized spacial score (nSPS) is 10.1. The molecule has 2 amide bonds. The quantitative estimate of drug-likeness (QED) is 0.910. The highest BCUT2D eigenvalue weighted by atomic mass is 16.2. The molecule has 0 aliphatic heterocycles. The van der Waals surface area contributed by atoms with Gasteiger partial charge < -0.3 is 10.6 Å². The highest BCUT2D eigenvalue weighted by Crippen LogP contribution is 2.18. The Morgan fingerprint density at radius 3 is 2.32 bits per heavy atom. The third-order valence-corrected chi connectivity index (χ3v) is 3.33. The molecule has 2 N–H and O–H groups in total. The Balaban J connectivity index is 1.93. The second-order valence-electron chi connectivity index (χ2n) is 5.19. The summed E-state index contributed by atoms with van der Waals surface area (Å²) < 4.78 is 0. The molecular weight excluding hydrogens is 278 g/mol. The topological polar surface area (TPSA) is 71.1 Å². The first-order valence-corrected chi connectivity index (χ1v) is 7.04. The largest absolute Gasteiger partial charge is 0.343 e. The van der Waals surface area contributed by atoms with E-state index in [2.05, 4.69) is 15.6 Å². The molecule has 0 fully saturated rings. The van der Waals surface area contributed by atoms with Crippen LogP contribution in [0.3, 0.4) is 0 Å². The van der Waals surface area contributed by atoms with E-state index in [1.807, 2.05) is 39.0 Å². The van der Waals surface area contributed by atoms with Crippen molar-refractivity contribution >= 4 is 17.5 Å². The van der Waals surface area contributed by atoms with Gasteiger partial charge in [-0.2, -0.15) is 0 Å². The summed E-state index contributed by atoms with van der Waals surface area (Å²) in [7, 11) is 0. The summed E-state index contributed by atoms with van der Waals surface area (Å²) in [4.78, 5) is 27.9. The molecule has 0 aliphatic carbocycles. The second kappa shape index (κ2) is 6.85. The first kappa shape index (κ1) is 15.7. The monoisotopic (exact) mass is 297 g/mol. The van der Waals surface area contributed by atoms with Crippen LogP contribution in [-0.4, -0.2) is 23.3 Å². The number of aryl methyl sites for hydroxylation is 3. The maximum Gasteiger partial charge on any atom is 0.253 e. The number of rotatable bonds is 4. The van der Waals surface area contributed by atoms with Crippen LogP contribution < -0.4 is 10.6 Å². The molecule has 0 saturated carbocycles.